The van der Waals surface area contributed by atoms with E-state index >= 15 is 0 Å². The van der Waals surface area contributed by atoms with Crippen molar-refractivity contribution >= 4 is 58.0 Å². The molecule has 0 atom stereocenters. The molecule has 223 valence electrons. The second-order valence-corrected chi connectivity index (χ2v) is 24.2. The second kappa shape index (κ2) is 13.5. The van der Waals surface area contributed by atoms with E-state index in [1.807, 2.05) is 80.0 Å². The van der Waals surface area contributed by atoms with Crippen molar-refractivity contribution in [2.75, 3.05) is 0 Å². The van der Waals surface area contributed by atoms with E-state index in [2.05, 4.69) is 97.8 Å². The summed E-state index contributed by atoms with van der Waals surface area (Å²) in [6.07, 6.45) is 3.83. The predicted octanol–water partition coefficient (Wildman–Crippen LogP) is 9.68. The van der Waals surface area contributed by atoms with E-state index in [-0.39, 0.29) is 20.1 Å². The molecule has 6 rings (SSSR count). The Morgan fingerprint density at radius 3 is 2.14 bits per heavy atom. The van der Waals surface area contributed by atoms with Gasteiger partial charge in [-0.2, -0.15) is 11.3 Å². The van der Waals surface area contributed by atoms with Crippen LogP contribution in [0.15, 0.2) is 91.3 Å². The maximum absolute atomic E-state index is 8.35. The van der Waals surface area contributed by atoms with E-state index in [0.29, 0.717) is 0 Å². The molecule has 0 aliphatic heterocycles. The standard InChI is InChI=1S/C23H24NSSi.C14H16NSi.Ir/c1-15(2)16-12-13-24-20(14-16)19-10-6-8-17-18-9-7-11-21(26(3,4)5)23(18)25-22(17)19;1-16(2,3)13-9-10-14(15-11-13)12-7-5-4-6-8-12;/h6-9,11-15H,1-5H3;4-7,9-11H,1-3H3;/q2*-1;/i15D;;. The van der Waals surface area contributed by atoms with Crippen LogP contribution in [0, 0.1) is 12.1 Å². The average molecular weight is 794 g/mol. The van der Waals surface area contributed by atoms with Gasteiger partial charge in [-0.15, -0.1) is 59.7 Å². The van der Waals surface area contributed by atoms with Crippen molar-refractivity contribution in [2.24, 2.45) is 0 Å². The molecule has 1 radical (unpaired) electrons. The van der Waals surface area contributed by atoms with E-state index in [1.165, 1.54) is 30.5 Å². The Balaban J connectivity index is 0.000000223. The molecule has 0 bridgehead atoms. The minimum atomic E-state index is -1.43. The normalized spacial score (nSPS) is 12.3. The van der Waals surface area contributed by atoms with E-state index in [4.69, 9.17) is 1.37 Å². The van der Waals surface area contributed by atoms with Crippen molar-refractivity contribution in [1.29, 1.82) is 0 Å². The van der Waals surface area contributed by atoms with Crippen LogP contribution < -0.4 is 10.4 Å². The Bertz CT molecular complexity index is 1870. The van der Waals surface area contributed by atoms with Crippen LogP contribution in [-0.2, 0) is 20.1 Å². The third-order valence-electron chi connectivity index (χ3n) is 7.47. The molecule has 0 saturated carbocycles. The number of hydrogen-bond acceptors (Lipinski definition) is 3. The summed E-state index contributed by atoms with van der Waals surface area (Å²) in [5.41, 5.74) is 4.98. The first kappa shape index (κ1) is 31.7. The van der Waals surface area contributed by atoms with E-state index in [0.717, 1.165) is 28.1 Å². The quantitative estimate of drug-likeness (QED) is 0.128. The van der Waals surface area contributed by atoms with Gasteiger partial charge in [0, 0.05) is 38.6 Å². The van der Waals surface area contributed by atoms with E-state index < -0.39 is 22.0 Å². The van der Waals surface area contributed by atoms with Crippen LogP contribution in [0.3, 0.4) is 0 Å². The third-order valence-corrected chi connectivity index (χ3v) is 13.0. The molecule has 3 heterocycles. The van der Waals surface area contributed by atoms with Crippen molar-refractivity contribution in [2.45, 2.75) is 59.0 Å². The monoisotopic (exact) mass is 794 g/mol. The summed E-state index contributed by atoms with van der Waals surface area (Å²) >= 11 is 1.87. The van der Waals surface area contributed by atoms with Gasteiger partial charge in [-0.25, -0.2) is 0 Å². The number of pyridine rings is 2. The van der Waals surface area contributed by atoms with Gasteiger partial charge in [0.2, 0.25) is 0 Å². The number of thiophene rings is 1. The van der Waals surface area contributed by atoms with Gasteiger partial charge in [0.25, 0.3) is 0 Å². The molecule has 3 aromatic heterocycles. The number of hydrogen-bond donors (Lipinski definition) is 0. The van der Waals surface area contributed by atoms with Crippen LogP contribution >= 0.6 is 11.3 Å². The fourth-order valence-electron chi connectivity index (χ4n) is 4.97. The molecule has 0 spiro atoms. The molecule has 0 N–H and O–H groups in total. The molecule has 0 amide bonds. The number of fused-ring (bicyclic) bond motifs is 3. The van der Waals surface area contributed by atoms with Crippen LogP contribution in [0.25, 0.3) is 42.7 Å². The molecule has 2 nitrogen and oxygen atoms in total. The van der Waals surface area contributed by atoms with Crippen molar-refractivity contribution in [3.05, 3.63) is 109 Å². The molecular weight excluding hydrogens is 753 g/mol. The molecule has 43 heavy (non-hydrogen) atoms. The second-order valence-electron chi connectivity index (χ2n) is 13.0. The summed E-state index contributed by atoms with van der Waals surface area (Å²) in [5, 5.41) is 5.52. The topological polar surface area (TPSA) is 25.8 Å². The van der Waals surface area contributed by atoms with Gasteiger partial charge < -0.3 is 9.97 Å². The predicted molar refractivity (Wildman–Crippen MR) is 190 cm³/mol. The smallest absolute Gasteiger partial charge is 0.0795 e. The first-order valence-corrected chi connectivity index (χ1v) is 22.3. The summed E-state index contributed by atoms with van der Waals surface area (Å²) in [5.74, 6) is -0.642. The van der Waals surface area contributed by atoms with Gasteiger partial charge in [-0.1, -0.05) is 100 Å². The van der Waals surface area contributed by atoms with Crippen LogP contribution in [0.2, 0.25) is 39.3 Å². The zero-order valence-electron chi connectivity index (χ0n) is 27.3. The van der Waals surface area contributed by atoms with Crippen molar-refractivity contribution in [1.82, 2.24) is 9.97 Å². The average Bonchev–Trinajstić information content (AvgIpc) is 3.36. The van der Waals surface area contributed by atoms with Crippen LogP contribution in [0.5, 0.6) is 0 Å². The Morgan fingerprint density at radius 1 is 0.744 bits per heavy atom. The summed E-state index contributed by atoms with van der Waals surface area (Å²) in [7, 11) is -2.66. The number of benzene rings is 3. The molecule has 3 aromatic carbocycles. The van der Waals surface area contributed by atoms with Crippen LogP contribution in [0.4, 0.5) is 0 Å². The summed E-state index contributed by atoms with van der Waals surface area (Å²) in [6, 6.07) is 33.7. The Hall–Kier alpha value is -2.74. The fourth-order valence-corrected chi connectivity index (χ4v) is 9.71. The maximum Gasteiger partial charge on any atom is 0.0795 e. The van der Waals surface area contributed by atoms with Crippen LogP contribution in [-0.4, -0.2) is 26.1 Å². The molecule has 6 heteroatoms. The molecule has 0 unspecified atom stereocenters. The molecular formula is C37H40IrN2SSi2-2. The third kappa shape index (κ3) is 7.50. The number of nitrogens with zero attached hydrogens (tertiary/aromatic N) is 2. The first-order chi connectivity index (χ1) is 20.2. The van der Waals surface area contributed by atoms with Gasteiger partial charge in [0.15, 0.2) is 0 Å². The van der Waals surface area contributed by atoms with E-state index in [1.54, 1.807) is 0 Å². The van der Waals surface area contributed by atoms with Gasteiger partial charge in [-0.05, 0) is 43.8 Å². The zero-order chi connectivity index (χ0) is 31.0. The molecule has 6 aromatic rings. The SMILES string of the molecule is C[Si](C)(C)c1ccc(-c2[c-]cccc2)nc1.[2H]C(C)(C)c1ccnc(-c2[c-]ccc3c2sc2c([Si](C)(C)C)cccc23)c1.[Ir]. The zero-order valence-corrected chi connectivity index (χ0v) is 31.5. The summed E-state index contributed by atoms with van der Waals surface area (Å²) < 4.78 is 11.0. The van der Waals surface area contributed by atoms with Gasteiger partial charge in [-0.3, -0.25) is 0 Å². The van der Waals surface area contributed by atoms with Crippen molar-refractivity contribution in [3.8, 4) is 22.5 Å². The molecule has 0 aliphatic carbocycles. The van der Waals surface area contributed by atoms with Gasteiger partial charge in [0.05, 0.1) is 16.1 Å². The van der Waals surface area contributed by atoms with E-state index in [9.17, 15) is 0 Å². The Morgan fingerprint density at radius 2 is 1.51 bits per heavy atom. The fraction of sp³-hybridized carbons (Fsp3) is 0.243. The molecule has 0 fully saturated rings. The van der Waals surface area contributed by atoms with Crippen LogP contribution in [0.1, 0.15) is 26.7 Å². The molecule has 0 saturated heterocycles. The van der Waals surface area contributed by atoms with Gasteiger partial charge in [0.1, 0.15) is 0 Å². The Labute approximate surface area is 278 Å². The maximum atomic E-state index is 8.35. The molecule has 0 aliphatic rings. The minimum absolute atomic E-state index is 0. The number of rotatable bonds is 5. The van der Waals surface area contributed by atoms with Crippen molar-refractivity contribution < 1.29 is 21.5 Å². The minimum Gasteiger partial charge on any atom is -0.305 e. The van der Waals surface area contributed by atoms with Gasteiger partial charge >= 0.3 is 0 Å². The summed E-state index contributed by atoms with van der Waals surface area (Å²) in [4.78, 5) is 9.13. The largest absolute Gasteiger partial charge is 0.305 e. The first-order valence-electron chi connectivity index (χ1n) is 15.0. The summed E-state index contributed by atoms with van der Waals surface area (Å²) in [6.45, 7) is 18.0. The number of aromatic nitrogens is 2. The Kier molecular flexibility index (Phi) is 9.94. The van der Waals surface area contributed by atoms with Crippen molar-refractivity contribution in [3.63, 3.8) is 0 Å².